The van der Waals surface area contributed by atoms with Crippen molar-refractivity contribution in [1.82, 2.24) is 4.84 Å². The third-order valence-corrected chi connectivity index (χ3v) is 5.66. The number of hydrogen-bond donors (Lipinski definition) is 2. The molecule has 130 valence electrons. The summed E-state index contributed by atoms with van der Waals surface area (Å²) >= 11 is 6.01. The van der Waals surface area contributed by atoms with Gasteiger partial charge in [0.1, 0.15) is 5.60 Å². The Hall–Kier alpha value is -1.29. The predicted molar refractivity (Wildman–Crippen MR) is 97.4 cm³/mol. The summed E-state index contributed by atoms with van der Waals surface area (Å²) < 4.78 is 5.96. The van der Waals surface area contributed by atoms with E-state index in [4.69, 9.17) is 16.5 Å². The number of benzene rings is 1. The Labute approximate surface area is 149 Å². The van der Waals surface area contributed by atoms with Crippen LogP contribution in [0.4, 0.5) is 0 Å². The first-order chi connectivity index (χ1) is 11.5. The first kappa shape index (κ1) is 17.5. The van der Waals surface area contributed by atoms with Gasteiger partial charge in [0.15, 0.2) is 0 Å². The van der Waals surface area contributed by atoms with Gasteiger partial charge in [-0.05, 0) is 56.0 Å². The average Bonchev–Trinajstić information content (AvgIpc) is 3.44. The van der Waals surface area contributed by atoms with Crippen molar-refractivity contribution in [3.05, 3.63) is 59.9 Å². The number of hydrogen-bond acceptors (Lipinski definition) is 3. The maximum atomic E-state index is 11.8. The van der Waals surface area contributed by atoms with Crippen LogP contribution in [0.3, 0.4) is 0 Å². The Bertz CT molecular complexity index is 622. The number of ether oxygens (including phenoxy) is 1. The van der Waals surface area contributed by atoms with Gasteiger partial charge in [0.05, 0.1) is 17.9 Å². The Kier molecular flexibility index (Phi) is 5.05. The summed E-state index contributed by atoms with van der Waals surface area (Å²) in [7, 11) is 0. The second kappa shape index (κ2) is 6.91. The number of allylic oxidation sites excluding steroid dienone is 3. The maximum absolute atomic E-state index is 11.8. The van der Waals surface area contributed by atoms with Crippen molar-refractivity contribution >= 4 is 11.8 Å². The van der Waals surface area contributed by atoms with Crippen molar-refractivity contribution in [1.29, 1.82) is 0 Å². The molecule has 4 heteroatoms. The molecule has 3 rings (SSSR count). The number of rotatable bonds is 7. The third-order valence-electron chi connectivity index (χ3n) is 5.19. The van der Waals surface area contributed by atoms with Crippen LogP contribution in [0.25, 0.3) is 0 Å². The lowest BCUT2D eigenvalue weighted by Gasteiger charge is -2.47. The van der Waals surface area contributed by atoms with Crippen LogP contribution in [0.2, 0.25) is 0 Å². The van der Waals surface area contributed by atoms with E-state index in [0.29, 0.717) is 12.3 Å². The van der Waals surface area contributed by atoms with Crippen molar-refractivity contribution in [3.8, 4) is 0 Å². The molecule has 1 aromatic rings. The fourth-order valence-corrected chi connectivity index (χ4v) is 3.50. The van der Waals surface area contributed by atoms with Crippen LogP contribution in [0.15, 0.2) is 54.3 Å². The molecule has 0 amide bonds. The molecule has 3 nitrogen and oxygen atoms in total. The first-order valence-electron chi connectivity index (χ1n) is 8.63. The number of halogens is 1. The summed E-state index contributed by atoms with van der Waals surface area (Å²) in [6.45, 7) is 4.63. The molecule has 0 aromatic heterocycles. The van der Waals surface area contributed by atoms with Gasteiger partial charge in [0, 0.05) is 12.3 Å². The van der Waals surface area contributed by atoms with Crippen LogP contribution in [0.1, 0.15) is 38.7 Å². The minimum Gasteiger partial charge on any atom is -0.498 e. The number of aliphatic hydroxyl groups is 1. The SMILES string of the molecule is CC(C)(NCl)C(O)(c1ccccc1)C1C=CC=C(OCC2CC2)C1. The van der Waals surface area contributed by atoms with Gasteiger partial charge in [-0.2, -0.15) is 0 Å². The topological polar surface area (TPSA) is 41.5 Å². The first-order valence-corrected chi connectivity index (χ1v) is 9.01. The third kappa shape index (κ3) is 3.39. The number of nitrogens with one attached hydrogen (secondary N) is 1. The Morgan fingerprint density at radius 3 is 2.58 bits per heavy atom. The van der Waals surface area contributed by atoms with Crippen molar-refractivity contribution in [2.45, 2.75) is 44.2 Å². The molecule has 0 aliphatic heterocycles. The molecule has 24 heavy (non-hydrogen) atoms. The van der Waals surface area contributed by atoms with Crippen molar-refractivity contribution < 1.29 is 9.84 Å². The molecule has 0 bridgehead atoms. The van der Waals surface area contributed by atoms with Crippen LogP contribution in [0, 0.1) is 11.8 Å². The monoisotopic (exact) mass is 347 g/mol. The summed E-state index contributed by atoms with van der Waals surface area (Å²) in [5, 5.41) is 11.8. The molecular formula is C20H26ClNO2. The van der Waals surface area contributed by atoms with Crippen LogP contribution in [-0.2, 0) is 10.3 Å². The molecule has 1 fully saturated rings. The van der Waals surface area contributed by atoms with E-state index in [1.165, 1.54) is 12.8 Å². The smallest absolute Gasteiger partial charge is 0.115 e. The highest BCUT2D eigenvalue weighted by Crippen LogP contribution is 2.44. The largest absolute Gasteiger partial charge is 0.498 e. The minimum absolute atomic E-state index is 0.125. The molecule has 0 heterocycles. The van der Waals surface area contributed by atoms with E-state index in [2.05, 4.69) is 4.84 Å². The van der Waals surface area contributed by atoms with E-state index in [1.54, 1.807) is 0 Å². The second-order valence-electron chi connectivity index (χ2n) is 7.43. The van der Waals surface area contributed by atoms with Gasteiger partial charge >= 0.3 is 0 Å². The van der Waals surface area contributed by atoms with Gasteiger partial charge in [-0.25, -0.2) is 4.84 Å². The zero-order chi connectivity index (χ0) is 17.2. The normalized spacial score (nSPS) is 23.5. The van der Waals surface area contributed by atoms with Crippen molar-refractivity contribution in [2.75, 3.05) is 6.61 Å². The zero-order valence-corrected chi connectivity index (χ0v) is 15.1. The van der Waals surface area contributed by atoms with E-state index >= 15 is 0 Å². The fourth-order valence-electron chi connectivity index (χ4n) is 3.36. The predicted octanol–water partition coefficient (Wildman–Crippen LogP) is 4.28. The Morgan fingerprint density at radius 1 is 1.25 bits per heavy atom. The summed E-state index contributed by atoms with van der Waals surface area (Å²) in [5.41, 5.74) is -1.03. The summed E-state index contributed by atoms with van der Waals surface area (Å²) in [6.07, 6.45) is 9.23. The summed E-state index contributed by atoms with van der Waals surface area (Å²) in [6, 6.07) is 9.74. The van der Waals surface area contributed by atoms with Gasteiger partial charge in [0.25, 0.3) is 0 Å². The van der Waals surface area contributed by atoms with Crippen LogP contribution >= 0.6 is 11.8 Å². The molecule has 1 aromatic carbocycles. The van der Waals surface area contributed by atoms with Crippen LogP contribution < -0.4 is 4.84 Å². The van der Waals surface area contributed by atoms with Gasteiger partial charge < -0.3 is 9.84 Å². The molecule has 0 spiro atoms. The molecule has 2 aliphatic carbocycles. The molecule has 2 atom stereocenters. The zero-order valence-electron chi connectivity index (χ0n) is 14.3. The lowest BCUT2D eigenvalue weighted by atomic mass is 9.67. The quantitative estimate of drug-likeness (QED) is 0.723. The molecule has 1 saturated carbocycles. The van der Waals surface area contributed by atoms with Crippen molar-refractivity contribution in [3.63, 3.8) is 0 Å². The molecule has 2 aliphatic rings. The maximum Gasteiger partial charge on any atom is 0.115 e. The van der Waals surface area contributed by atoms with Crippen LogP contribution in [0.5, 0.6) is 0 Å². The summed E-state index contributed by atoms with van der Waals surface area (Å²) in [5.74, 6) is 1.53. The minimum atomic E-state index is -1.16. The molecule has 0 saturated heterocycles. The average molecular weight is 348 g/mol. The van der Waals surface area contributed by atoms with E-state index in [-0.39, 0.29) is 5.92 Å². The van der Waals surface area contributed by atoms with Crippen molar-refractivity contribution in [2.24, 2.45) is 11.8 Å². The van der Waals surface area contributed by atoms with E-state index in [1.807, 2.05) is 62.4 Å². The second-order valence-corrected chi connectivity index (χ2v) is 7.62. The van der Waals surface area contributed by atoms with E-state index in [0.717, 1.165) is 17.9 Å². The highest BCUT2D eigenvalue weighted by atomic mass is 35.5. The van der Waals surface area contributed by atoms with Gasteiger partial charge in [0.2, 0.25) is 0 Å². The van der Waals surface area contributed by atoms with Crippen LogP contribution in [-0.4, -0.2) is 17.3 Å². The molecule has 0 radical (unpaired) electrons. The van der Waals surface area contributed by atoms with Gasteiger partial charge in [-0.3, -0.25) is 0 Å². The molecular weight excluding hydrogens is 322 g/mol. The van der Waals surface area contributed by atoms with Gasteiger partial charge in [-0.1, -0.05) is 42.5 Å². The lowest BCUT2D eigenvalue weighted by Crippen LogP contribution is -2.58. The lowest BCUT2D eigenvalue weighted by molar-refractivity contribution is -0.0738. The Balaban J connectivity index is 1.86. The Morgan fingerprint density at radius 2 is 1.96 bits per heavy atom. The highest BCUT2D eigenvalue weighted by Gasteiger charge is 2.50. The molecule has 2 unspecified atom stereocenters. The summed E-state index contributed by atoms with van der Waals surface area (Å²) in [4.78, 5) is 2.78. The fraction of sp³-hybridized carbons (Fsp3) is 0.500. The highest BCUT2D eigenvalue weighted by molar-refractivity contribution is 6.14. The standard InChI is InChI=1S/C20H26ClNO2/c1-19(2,22-21)20(23,16-7-4-3-5-8-16)17-9-6-10-18(13-17)24-14-15-11-12-15/h3-10,15,17,22-23H,11-14H2,1-2H3. The molecule has 2 N–H and O–H groups in total. The van der Waals surface area contributed by atoms with E-state index < -0.39 is 11.1 Å². The van der Waals surface area contributed by atoms with Gasteiger partial charge in [-0.15, -0.1) is 0 Å². The van der Waals surface area contributed by atoms with E-state index in [9.17, 15) is 5.11 Å².